The molecule has 3 aromatic rings. The van der Waals surface area contributed by atoms with Crippen LogP contribution in [0.1, 0.15) is 19.4 Å². The summed E-state index contributed by atoms with van der Waals surface area (Å²) in [7, 11) is 0. The van der Waals surface area contributed by atoms with E-state index < -0.39 is 5.25 Å². The molecule has 1 aliphatic heterocycles. The van der Waals surface area contributed by atoms with E-state index in [1.165, 1.54) is 17.3 Å². The van der Waals surface area contributed by atoms with Crippen molar-refractivity contribution in [2.45, 2.75) is 30.7 Å². The summed E-state index contributed by atoms with van der Waals surface area (Å²) in [4.78, 5) is 12.4. The van der Waals surface area contributed by atoms with Crippen molar-refractivity contribution >= 4 is 23.4 Å². The molecule has 1 amide bonds. The SMILES string of the molecule is CCc1ccc(NC(=O)[C@H](C)Sc2nnc(-c3ccc4c(c3)OCO4)o2)cc1. The average molecular weight is 397 g/mol. The number of thioether (sulfide) groups is 1. The summed E-state index contributed by atoms with van der Waals surface area (Å²) in [6.45, 7) is 4.09. The molecule has 8 heteroatoms. The monoisotopic (exact) mass is 397 g/mol. The largest absolute Gasteiger partial charge is 0.454 e. The highest BCUT2D eigenvalue weighted by molar-refractivity contribution is 8.00. The van der Waals surface area contributed by atoms with Crippen LogP contribution in [0.2, 0.25) is 0 Å². The van der Waals surface area contributed by atoms with Gasteiger partial charge in [-0.1, -0.05) is 30.8 Å². The van der Waals surface area contributed by atoms with Crippen LogP contribution >= 0.6 is 11.8 Å². The Morgan fingerprint density at radius 1 is 1.14 bits per heavy atom. The highest BCUT2D eigenvalue weighted by Crippen LogP contribution is 2.36. The van der Waals surface area contributed by atoms with Crippen molar-refractivity contribution in [2.24, 2.45) is 0 Å². The number of carbonyl (C=O) groups is 1. The van der Waals surface area contributed by atoms with Gasteiger partial charge in [0.1, 0.15) is 0 Å². The highest BCUT2D eigenvalue weighted by Gasteiger charge is 2.20. The number of carbonyl (C=O) groups excluding carboxylic acids is 1. The predicted molar refractivity (Wildman–Crippen MR) is 106 cm³/mol. The van der Waals surface area contributed by atoms with E-state index in [-0.39, 0.29) is 12.7 Å². The normalized spacial score (nSPS) is 13.4. The van der Waals surface area contributed by atoms with Crippen LogP contribution in [0.5, 0.6) is 11.5 Å². The maximum Gasteiger partial charge on any atom is 0.277 e. The lowest BCUT2D eigenvalue weighted by atomic mass is 10.1. The first kappa shape index (κ1) is 18.4. The van der Waals surface area contributed by atoms with Crippen LogP contribution in [-0.2, 0) is 11.2 Å². The molecule has 1 aromatic heterocycles. The summed E-state index contributed by atoms with van der Waals surface area (Å²) >= 11 is 1.21. The quantitative estimate of drug-likeness (QED) is 0.625. The maximum absolute atomic E-state index is 12.4. The van der Waals surface area contributed by atoms with E-state index in [0.29, 0.717) is 22.6 Å². The average Bonchev–Trinajstić information content (AvgIpc) is 3.37. The first-order valence-electron chi connectivity index (χ1n) is 8.92. The Labute approximate surface area is 166 Å². The number of ether oxygens (including phenoxy) is 2. The third kappa shape index (κ3) is 3.96. The van der Waals surface area contributed by atoms with Gasteiger partial charge in [-0.15, -0.1) is 10.2 Å². The Bertz CT molecular complexity index is 987. The van der Waals surface area contributed by atoms with Gasteiger partial charge in [-0.3, -0.25) is 4.79 Å². The second-order valence-electron chi connectivity index (χ2n) is 6.24. The smallest absolute Gasteiger partial charge is 0.277 e. The number of benzene rings is 2. The predicted octanol–water partition coefficient (Wildman–Crippen LogP) is 4.15. The molecule has 28 heavy (non-hydrogen) atoms. The Morgan fingerprint density at radius 2 is 1.93 bits per heavy atom. The lowest BCUT2D eigenvalue weighted by Crippen LogP contribution is -2.22. The summed E-state index contributed by atoms with van der Waals surface area (Å²) in [5.74, 6) is 1.57. The van der Waals surface area contributed by atoms with Crippen molar-refractivity contribution in [3.63, 3.8) is 0 Å². The summed E-state index contributed by atoms with van der Waals surface area (Å²) in [6.07, 6.45) is 0.962. The fraction of sp³-hybridized carbons (Fsp3) is 0.250. The van der Waals surface area contributed by atoms with Crippen LogP contribution in [0, 0.1) is 0 Å². The van der Waals surface area contributed by atoms with Gasteiger partial charge in [-0.05, 0) is 49.2 Å². The van der Waals surface area contributed by atoms with Crippen molar-refractivity contribution in [2.75, 3.05) is 12.1 Å². The molecule has 4 rings (SSSR count). The van der Waals surface area contributed by atoms with Crippen LogP contribution in [0.3, 0.4) is 0 Å². The van der Waals surface area contributed by atoms with Crippen LogP contribution in [0.25, 0.3) is 11.5 Å². The number of amides is 1. The van der Waals surface area contributed by atoms with Crippen molar-refractivity contribution in [3.8, 4) is 23.0 Å². The van der Waals surface area contributed by atoms with E-state index in [1.807, 2.05) is 30.3 Å². The van der Waals surface area contributed by atoms with Gasteiger partial charge in [0.15, 0.2) is 11.5 Å². The van der Waals surface area contributed by atoms with Gasteiger partial charge in [-0.2, -0.15) is 0 Å². The number of fused-ring (bicyclic) bond motifs is 1. The molecule has 0 spiro atoms. The molecule has 1 aliphatic rings. The fourth-order valence-electron chi connectivity index (χ4n) is 2.68. The zero-order valence-corrected chi connectivity index (χ0v) is 16.3. The number of hydrogen-bond acceptors (Lipinski definition) is 7. The third-order valence-electron chi connectivity index (χ3n) is 4.30. The molecule has 0 saturated carbocycles. The first-order chi connectivity index (χ1) is 13.6. The number of anilines is 1. The van der Waals surface area contributed by atoms with Crippen LogP contribution < -0.4 is 14.8 Å². The van der Waals surface area contributed by atoms with Crippen molar-refractivity contribution in [1.82, 2.24) is 10.2 Å². The van der Waals surface area contributed by atoms with Gasteiger partial charge >= 0.3 is 0 Å². The Balaban J connectivity index is 1.39. The number of hydrogen-bond donors (Lipinski definition) is 1. The second-order valence-corrected chi connectivity index (χ2v) is 7.53. The molecule has 2 heterocycles. The van der Waals surface area contributed by atoms with Gasteiger partial charge in [0, 0.05) is 11.3 Å². The van der Waals surface area contributed by atoms with Gasteiger partial charge in [0.2, 0.25) is 18.6 Å². The first-order valence-corrected chi connectivity index (χ1v) is 9.80. The lowest BCUT2D eigenvalue weighted by Gasteiger charge is -2.10. The number of nitrogens with zero attached hydrogens (tertiary/aromatic N) is 2. The Hall–Kier alpha value is -3.00. The highest BCUT2D eigenvalue weighted by atomic mass is 32.2. The molecule has 0 unspecified atom stereocenters. The minimum absolute atomic E-state index is 0.128. The molecule has 0 saturated heterocycles. The molecule has 0 bridgehead atoms. The number of aryl methyl sites for hydroxylation is 1. The molecule has 0 aliphatic carbocycles. The van der Waals surface area contributed by atoms with E-state index in [9.17, 15) is 4.79 Å². The Morgan fingerprint density at radius 3 is 2.71 bits per heavy atom. The summed E-state index contributed by atoms with van der Waals surface area (Å²) in [5, 5.41) is 10.9. The van der Waals surface area contributed by atoms with Gasteiger partial charge in [-0.25, -0.2) is 0 Å². The third-order valence-corrected chi connectivity index (χ3v) is 5.24. The van der Waals surface area contributed by atoms with Crippen molar-refractivity contribution in [3.05, 3.63) is 48.0 Å². The minimum Gasteiger partial charge on any atom is -0.454 e. The van der Waals surface area contributed by atoms with Gasteiger partial charge < -0.3 is 19.2 Å². The molecule has 2 aromatic carbocycles. The van der Waals surface area contributed by atoms with E-state index in [0.717, 1.165) is 17.7 Å². The van der Waals surface area contributed by atoms with Crippen LogP contribution in [0.4, 0.5) is 5.69 Å². The zero-order valence-electron chi connectivity index (χ0n) is 15.5. The topological polar surface area (TPSA) is 86.5 Å². The second kappa shape index (κ2) is 7.93. The van der Waals surface area contributed by atoms with E-state index in [1.54, 1.807) is 19.1 Å². The molecule has 0 fully saturated rings. The number of aromatic nitrogens is 2. The zero-order chi connectivity index (χ0) is 19.5. The summed E-state index contributed by atoms with van der Waals surface area (Å²) in [5.41, 5.74) is 2.72. The van der Waals surface area contributed by atoms with Crippen molar-refractivity contribution < 1.29 is 18.7 Å². The molecule has 7 nitrogen and oxygen atoms in total. The molecule has 1 N–H and O–H groups in total. The summed E-state index contributed by atoms with van der Waals surface area (Å²) < 4.78 is 16.4. The van der Waals surface area contributed by atoms with Gasteiger partial charge in [0.25, 0.3) is 5.22 Å². The van der Waals surface area contributed by atoms with Crippen LogP contribution in [0.15, 0.2) is 52.1 Å². The molecular formula is C20H19N3O4S. The molecule has 1 atom stereocenters. The molecular weight excluding hydrogens is 378 g/mol. The minimum atomic E-state index is -0.393. The van der Waals surface area contributed by atoms with E-state index in [2.05, 4.69) is 22.4 Å². The van der Waals surface area contributed by atoms with Gasteiger partial charge in [0.05, 0.1) is 5.25 Å². The molecule has 144 valence electrons. The Kier molecular flexibility index (Phi) is 5.21. The standard InChI is InChI=1S/C20H19N3O4S/c1-3-13-4-7-15(8-5-13)21-18(24)12(2)28-20-23-22-19(27-20)14-6-9-16-17(10-14)26-11-25-16/h4-10,12H,3,11H2,1-2H3,(H,21,24)/t12-/m0/s1. The summed E-state index contributed by atoms with van der Waals surface area (Å²) in [6, 6.07) is 13.2. The lowest BCUT2D eigenvalue weighted by molar-refractivity contribution is -0.115. The fourth-order valence-corrected chi connectivity index (χ4v) is 3.36. The maximum atomic E-state index is 12.4. The number of rotatable bonds is 6. The van der Waals surface area contributed by atoms with E-state index in [4.69, 9.17) is 13.9 Å². The van der Waals surface area contributed by atoms with Crippen molar-refractivity contribution in [1.29, 1.82) is 0 Å². The molecule has 0 radical (unpaired) electrons. The van der Waals surface area contributed by atoms with Crippen LogP contribution in [-0.4, -0.2) is 28.1 Å². The van der Waals surface area contributed by atoms with E-state index >= 15 is 0 Å². The number of nitrogens with one attached hydrogen (secondary N) is 1.